The molecular weight excluding hydrogens is 228 g/mol. The van der Waals surface area contributed by atoms with Gasteiger partial charge in [0.1, 0.15) is 0 Å². The Morgan fingerprint density at radius 3 is 2.61 bits per heavy atom. The maximum atomic E-state index is 11.9. The fraction of sp³-hybridized carbons (Fsp3) is 0.929. The zero-order chi connectivity index (χ0) is 12.6. The van der Waals surface area contributed by atoms with Crippen LogP contribution in [-0.4, -0.2) is 50.2 Å². The first-order valence-corrected chi connectivity index (χ1v) is 7.41. The number of rotatable bonds is 4. The van der Waals surface area contributed by atoms with Gasteiger partial charge in [-0.15, -0.1) is 0 Å². The van der Waals surface area contributed by atoms with Crippen LogP contribution in [-0.2, 0) is 9.53 Å². The molecule has 0 bridgehead atoms. The predicted octanol–water partition coefficient (Wildman–Crippen LogP) is 1.41. The minimum Gasteiger partial charge on any atom is -0.381 e. The Balaban J connectivity index is 1.61. The number of hydrogen-bond acceptors (Lipinski definition) is 3. The van der Waals surface area contributed by atoms with Crippen molar-refractivity contribution in [3.8, 4) is 0 Å². The van der Waals surface area contributed by atoms with Gasteiger partial charge in [0.2, 0.25) is 5.91 Å². The number of carbonyl (C=O) groups is 1. The molecule has 0 aromatic heterocycles. The van der Waals surface area contributed by atoms with Gasteiger partial charge in [-0.2, -0.15) is 0 Å². The van der Waals surface area contributed by atoms with Crippen LogP contribution in [0.25, 0.3) is 0 Å². The number of nitrogens with one attached hydrogen (secondary N) is 1. The number of carbonyl (C=O) groups excluding carboxylic acids is 1. The molecule has 2 fully saturated rings. The van der Waals surface area contributed by atoms with Crippen LogP contribution >= 0.6 is 0 Å². The fourth-order valence-electron chi connectivity index (χ4n) is 2.78. The van der Waals surface area contributed by atoms with Gasteiger partial charge >= 0.3 is 0 Å². The van der Waals surface area contributed by atoms with Gasteiger partial charge in [0.05, 0.1) is 13.2 Å². The Bertz CT molecular complexity index is 244. The lowest BCUT2D eigenvalue weighted by molar-refractivity contribution is -0.122. The van der Waals surface area contributed by atoms with Crippen LogP contribution in [0.15, 0.2) is 0 Å². The summed E-state index contributed by atoms with van der Waals surface area (Å²) in [6.07, 6.45) is 7.43. The summed E-state index contributed by atoms with van der Waals surface area (Å²) in [7, 11) is 0. The van der Waals surface area contributed by atoms with Gasteiger partial charge in [-0.1, -0.05) is 12.8 Å². The molecule has 0 saturated carbocycles. The van der Waals surface area contributed by atoms with Crippen molar-refractivity contribution in [1.82, 2.24) is 10.2 Å². The van der Waals surface area contributed by atoms with E-state index in [2.05, 4.69) is 10.2 Å². The second-order valence-electron chi connectivity index (χ2n) is 5.58. The van der Waals surface area contributed by atoms with E-state index in [0.717, 1.165) is 39.3 Å². The van der Waals surface area contributed by atoms with Gasteiger partial charge < -0.3 is 10.1 Å². The van der Waals surface area contributed by atoms with Crippen molar-refractivity contribution in [2.75, 3.05) is 39.4 Å². The van der Waals surface area contributed by atoms with Crippen LogP contribution in [0.2, 0.25) is 0 Å². The number of likely N-dealkylation sites (tertiary alicyclic amines) is 1. The van der Waals surface area contributed by atoms with E-state index >= 15 is 0 Å². The molecule has 0 radical (unpaired) electrons. The highest BCUT2D eigenvalue weighted by molar-refractivity contribution is 5.78. The number of amides is 1. The lowest BCUT2D eigenvalue weighted by Crippen LogP contribution is -2.40. The maximum absolute atomic E-state index is 11.9. The van der Waals surface area contributed by atoms with Crippen LogP contribution in [0.4, 0.5) is 0 Å². The van der Waals surface area contributed by atoms with Crippen molar-refractivity contribution < 1.29 is 9.53 Å². The molecule has 0 spiro atoms. The van der Waals surface area contributed by atoms with Crippen LogP contribution in [0, 0.1) is 5.92 Å². The van der Waals surface area contributed by atoms with E-state index in [1.807, 2.05) is 0 Å². The first kappa shape index (κ1) is 13.8. The summed E-state index contributed by atoms with van der Waals surface area (Å²) in [5.74, 6) is 0.703. The SMILES string of the molecule is O=C(CN1CCCCCC1)NCC1CCCOC1. The smallest absolute Gasteiger partial charge is 0.234 e. The van der Waals surface area contributed by atoms with Crippen molar-refractivity contribution >= 4 is 5.91 Å². The molecule has 2 rings (SSSR count). The second-order valence-corrected chi connectivity index (χ2v) is 5.58. The van der Waals surface area contributed by atoms with E-state index in [4.69, 9.17) is 4.74 Å². The van der Waals surface area contributed by atoms with E-state index in [9.17, 15) is 4.79 Å². The summed E-state index contributed by atoms with van der Waals surface area (Å²) in [5.41, 5.74) is 0. The summed E-state index contributed by atoms with van der Waals surface area (Å²) in [6, 6.07) is 0. The molecule has 1 unspecified atom stereocenters. The van der Waals surface area contributed by atoms with Gasteiger partial charge in [0, 0.05) is 13.2 Å². The minimum atomic E-state index is 0.183. The molecule has 0 aliphatic carbocycles. The van der Waals surface area contributed by atoms with Gasteiger partial charge in [0.25, 0.3) is 0 Å². The highest BCUT2D eigenvalue weighted by Crippen LogP contribution is 2.12. The first-order chi connectivity index (χ1) is 8.84. The Morgan fingerprint density at radius 1 is 1.17 bits per heavy atom. The average molecular weight is 254 g/mol. The molecule has 0 aromatic carbocycles. The minimum absolute atomic E-state index is 0.183. The molecule has 1 atom stereocenters. The van der Waals surface area contributed by atoms with Crippen LogP contribution in [0.1, 0.15) is 38.5 Å². The normalized spacial score (nSPS) is 26.6. The Morgan fingerprint density at radius 2 is 1.94 bits per heavy atom. The Hall–Kier alpha value is -0.610. The third-order valence-corrected chi connectivity index (χ3v) is 3.91. The zero-order valence-corrected chi connectivity index (χ0v) is 11.3. The van der Waals surface area contributed by atoms with Gasteiger partial charge in [0.15, 0.2) is 0 Å². The van der Waals surface area contributed by atoms with Crippen LogP contribution in [0.5, 0.6) is 0 Å². The molecule has 2 aliphatic rings. The van der Waals surface area contributed by atoms with E-state index < -0.39 is 0 Å². The second kappa shape index (κ2) is 7.74. The monoisotopic (exact) mass is 254 g/mol. The average Bonchev–Trinajstić information content (AvgIpc) is 2.66. The molecule has 104 valence electrons. The zero-order valence-electron chi connectivity index (χ0n) is 11.3. The van der Waals surface area contributed by atoms with E-state index in [1.54, 1.807) is 0 Å². The quantitative estimate of drug-likeness (QED) is 0.824. The fourth-order valence-corrected chi connectivity index (χ4v) is 2.78. The van der Waals surface area contributed by atoms with Crippen molar-refractivity contribution in [1.29, 1.82) is 0 Å². The molecule has 18 heavy (non-hydrogen) atoms. The van der Waals surface area contributed by atoms with E-state index in [0.29, 0.717) is 12.5 Å². The lowest BCUT2D eigenvalue weighted by Gasteiger charge is -2.23. The predicted molar refractivity (Wildman–Crippen MR) is 71.5 cm³/mol. The van der Waals surface area contributed by atoms with Gasteiger partial charge in [-0.25, -0.2) is 0 Å². The number of ether oxygens (including phenoxy) is 1. The molecule has 2 saturated heterocycles. The highest BCUT2D eigenvalue weighted by Gasteiger charge is 2.16. The molecule has 0 aromatic rings. The summed E-state index contributed by atoms with van der Waals surface area (Å²) >= 11 is 0. The molecule has 1 N–H and O–H groups in total. The summed E-state index contributed by atoms with van der Waals surface area (Å²) < 4.78 is 5.42. The molecule has 1 amide bonds. The standard InChI is InChI=1S/C14H26N2O2/c17-14(11-16-7-3-1-2-4-8-16)15-10-13-6-5-9-18-12-13/h13H,1-12H2,(H,15,17). The number of hydrogen-bond donors (Lipinski definition) is 1. The highest BCUT2D eigenvalue weighted by atomic mass is 16.5. The van der Waals surface area contributed by atoms with Crippen LogP contribution < -0.4 is 5.32 Å². The topological polar surface area (TPSA) is 41.6 Å². The van der Waals surface area contributed by atoms with E-state index in [-0.39, 0.29) is 5.91 Å². The van der Waals surface area contributed by atoms with Crippen molar-refractivity contribution in [2.24, 2.45) is 5.92 Å². The van der Waals surface area contributed by atoms with Gasteiger partial charge in [-0.05, 0) is 44.7 Å². The van der Waals surface area contributed by atoms with Crippen molar-refractivity contribution in [2.45, 2.75) is 38.5 Å². The maximum Gasteiger partial charge on any atom is 0.234 e. The Labute approximate surface area is 110 Å². The summed E-state index contributed by atoms with van der Waals surface area (Å²) in [5, 5.41) is 3.06. The summed E-state index contributed by atoms with van der Waals surface area (Å²) in [4.78, 5) is 14.2. The van der Waals surface area contributed by atoms with Crippen molar-refractivity contribution in [3.05, 3.63) is 0 Å². The van der Waals surface area contributed by atoms with E-state index in [1.165, 1.54) is 32.1 Å². The third-order valence-electron chi connectivity index (χ3n) is 3.91. The molecule has 4 heteroatoms. The summed E-state index contributed by atoms with van der Waals surface area (Å²) in [6.45, 7) is 5.22. The molecule has 4 nitrogen and oxygen atoms in total. The van der Waals surface area contributed by atoms with Crippen molar-refractivity contribution in [3.63, 3.8) is 0 Å². The Kier molecular flexibility index (Phi) is 5.94. The van der Waals surface area contributed by atoms with Crippen LogP contribution in [0.3, 0.4) is 0 Å². The molecular formula is C14H26N2O2. The largest absolute Gasteiger partial charge is 0.381 e. The third kappa shape index (κ3) is 4.94. The number of nitrogens with zero attached hydrogens (tertiary/aromatic N) is 1. The van der Waals surface area contributed by atoms with Gasteiger partial charge in [-0.3, -0.25) is 9.69 Å². The first-order valence-electron chi connectivity index (χ1n) is 7.41. The molecule has 2 aliphatic heterocycles. The lowest BCUT2D eigenvalue weighted by atomic mass is 10.0. The molecule has 2 heterocycles.